The zero-order chi connectivity index (χ0) is 13.1. The summed E-state index contributed by atoms with van der Waals surface area (Å²) < 4.78 is 5.19. The van der Waals surface area contributed by atoms with Gasteiger partial charge in [0.25, 0.3) is 0 Å². The van der Waals surface area contributed by atoms with Crippen molar-refractivity contribution in [2.45, 2.75) is 52.6 Å². The van der Waals surface area contributed by atoms with Crippen LogP contribution >= 0.6 is 0 Å². The number of nitrogens with zero attached hydrogens (tertiary/aromatic N) is 1. The molecule has 0 aromatic heterocycles. The molecule has 0 spiro atoms. The Balaban J connectivity index is 2.50. The molecule has 0 saturated carbocycles. The standard InChI is InChI=1S/C14H30N2O/c1-11-12(2)16(8-6-13(11)15)10-14(3,4)7-9-17-5/h11-13H,6-10,15H2,1-5H3. The summed E-state index contributed by atoms with van der Waals surface area (Å²) in [5, 5.41) is 0. The van der Waals surface area contributed by atoms with Crippen LogP contribution in [0.25, 0.3) is 0 Å². The van der Waals surface area contributed by atoms with E-state index in [0.717, 1.165) is 32.5 Å². The highest BCUT2D eigenvalue weighted by Gasteiger charge is 2.33. The lowest BCUT2D eigenvalue weighted by Crippen LogP contribution is -2.53. The predicted molar refractivity (Wildman–Crippen MR) is 73.1 cm³/mol. The highest BCUT2D eigenvalue weighted by atomic mass is 16.5. The summed E-state index contributed by atoms with van der Waals surface area (Å²) in [6.45, 7) is 12.4. The molecule has 0 bridgehead atoms. The van der Waals surface area contributed by atoms with Gasteiger partial charge < -0.3 is 10.5 Å². The first-order chi connectivity index (χ1) is 7.87. The van der Waals surface area contributed by atoms with Gasteiger partial charge in [-0.25, -0.2) is 0 Å². The molecule has 17 heavy (non-hydrogen) atoms. The van der Waals surface area contributed by atoms with Crippen LogP contribution in [0.15, 0.2) is 0 Å². The van der Waals surface area contributed by atoms with Crippen LogP contribution in [0.1, 0.15) is 40.5 Å². The van der Waals surface area contributed by atoms with Gasteiger partial charge in [0, 0.05) is 32.3 Å². The maximum absolute atomic E-state index is 6.13. The summed E-state index contributed by atoms with van der Waals surface area (Å²) in [6.07, 6.45) is 2.25. The number of methoxy groups -OCH3 is 1. The van der Waals surface area contributed by atoms with Gasteiger partial charge in [-0.2, -0.15) is 0 Å². The third kappa shape index (κ3) is 4.23. The summed E-state index contributed by atoms with van der Waals surface area (Å²) in [4.78, 5) is 2.60. The highest BCUT2D eigenvalue weighted by molar-refractivity contribution is 4.88. The number of ether oxygens (including phenoxy) is 1. The number of likely N-dealkylation sites (tertiary alicyclic amines) is 1. The number of piperidine rings is 1. The minimum absolute atomic E-state index is 0.325. The van der Waals surface area contributed by atoms with Crippen molar-refractivity contribution in [3.05, 3.63) is 0 Å². The third-order valence-electron chi connectivity index (χ3n) is 4.38. The molecule has 1 aliphatic rings. The molecular weight excluding hydrogens is 212 g/mol. The summed E-state index contributed by atoms with van der Waals surface area (Å²) in [5.41, 5.74) is 6.45. The van der Waals surface area contributed by atoms with E-state index >= 15 is 0 Å². The zero-order valence-electron chi connectivity index (χ0n) is 12.2. The highest BCUT2D eigenvalue weighted by Crippen LogP contribution is 2.28. The van der Waals surface area contributed by atoms with E-state index in [-0.39, 0.29) is 0 Å². The normalized spacial score (nSPS) is 31.8. The van der Waals surface area contributed by atoms with Gasteiger partial charge in [0.15, 0.2) is 0 Å². The van der Waals surface area contributed by atoms with E-state index in [9.17, 15) is 0 Å². The summed E-state index contributed by atoms with van der Waals surface area (Å²) in [6, 6.07) is 0.976. The summed E-state index contributed by atoms with van der Waals surface area (Å²) >= 11 is 0. The van der Waals surface area contributed by atoms with Crippen LogP contribution in [0, 0.1) is 11.3 Å². The molecule has 1 heterocycles. The molecule has 3 nitrogen and oxygen atoms in total. The van der Waals surface area contributed by atoms with Crippen molar-refractivity contribution in [1.29, 1.82) is 0 Å². The van der Waals surface area contributed by atoms with E-state index in [1.54, 1.807) is 7.11 Å². The topological polar surface area (TPSA) is 38.5 Å². The monoisotopic (exact) mass is 242 g/mol. The van der Waals surface area contributed by atoms with Gasteiger partial charge in [-0.3, -0.25) is 4.90 Å². The van der Waals surface area contributed by atoms with Gasteiger partial charge in [-0.05, 0) is 37.6 Å². The number of hydrogen-bond acceptors (Lipinski definition) is 3. The number of nitrogens with two attached hydrogens (primary N) is 1. The minimum Gasteiger partial charge on any atom is -0.385 e. The van der Waals surface area contributed by atoms with Crippen LogP contribution in [0.5, 0.6) is 0 Å². The van der Waals surface area contributed by atoms with E-state index in [1.807, 2.05) is 0 Å². The maximum atomic E-state index is 6.13. The Morgan fingerprint density at radius 1 is 1.35 bits per heavy atom. The van der Waals surface area contributed by atoms with Gasteiger partial charge in [0.05, 0.1) is 0 Å². The smallest absolute Gasteiger partial charge is 0.0467 e. The minimum atomic E-state index is 0.325. The van der Waals surface area contributed by atoms with E-state index in [4.69, 9.17) is 10.5 Å². The van der Waals surface area contributed by atoms with Crippen LogP contribution < -0.4 is 5.73 Å². The van der Waals surface area contributed by atoms with E-state index in [1.165, 1.54) is 0 Å². The quantitative estimate of drug-likeness (QED) is 0.802. The predicted octanol–water partition coefficient (Wildman–Crippen LogP) is 2.11. The molecule has 0 aliphatic carbocycles. The van der Waals surface area contributed by atoms with Gasteiger partial charge >= 0.3 is 0 Å². The lowest BCUT2D eigenvalue weighted by Gasteiger charge is -2.44. The van der Waals surface area contributed by atoms with Crippen LogP contribution in [0.4, 0.5) is 0 Å². The van der Waals surface area contributed by atoms with Crippen molar-refractivity contribution in [1.82, 2.24) is 4.90 Å². The van der Waals surface area contributed by atoms with Gasteiger partial charge in [0.1, 0.15) is 0 Å². The van der Waals surface area contributed by atoms with Crippen molar-refractivity contribution >= 4 is 0 Å². The van der Waals surface area contributed by atoms with Gasteiger partial charge in [-0.1, -0.05) is 20.8 Å². The third-order valence-corrected chi connectivity index (χ3v) is 4.38. The SMILES string of the molecule is COCCC(C)(C)CN1CCC(N)C(C)C1C. The molecule has 1 rings (SSSR count). The van der Waals surface area contributed by atoms with Crippen LogP contribution in [0.3, 0.4) is 0 Å². The largest absolute Gasteiger partial charge is 0.385 e. The lowest BCUT2D eigenvalue weighted by molar-refractivity contribution is 0.0476. The van der Waals surface area contributed by atoms with Crippen molar-refractivity contribution in [2.24, 2.45) is 17.1 Å². The second-order valence-corrected chi connectivity index (χ2v) is 6.43. The fraction of sp³-hybridized carbons (Fsp3) is 1.00. The molecule has 0 radical (unpaired) electrons. The molecule has 0 amide bonds. The Morgan fingerprint density at radius 3 is 2.59 bits per heavy atom. The molecule has 1 aliphatic heterocycles. The molecule has 1 fully saturated rings. The Morgan fingerprint density at radius 2 is 2.00 bits per heavy atom. The first-order valence-corrected chi connectivity index (χ1v) is 6.86. The maximum Gasteiger partial charge on any atom is 0.0467 e. The first kappa shape index (κ1) is 14.9. The second kappa shape index (κ2) is 6.17. The number of rotatable bonds is 5. The zero-order valence-corrected chi connectivity index (χ0v) is 12.2. The molecule has 1 saturated heterocycles. The van der Waals surface area contributed by atoms with Gasteiger partial charge in [0.2, 0.25) is 0 Å². The molecule has 102 valence electrons. The first-order valence-electron chi connectivity index (χ1n) is 6.86. The number of hydrogen-bond donors (Lipinski definition) is 1. The van der Waals surface area contributed by atoms with E-state index < -0.39 is 0 Å². The summed E-state index contributed by atoms with van der Waals surface area (Å²) in [7, 11) is 1.78. The average Bonchev–Trinajstić information content (AvgIpc) is 2.27. The van der Waals surface area contributed by atoms with Crippen LogP contribution in [-0.4, -0.2) is 43.8 Å². The lowest BCUT2D eigenvalue weighted by atomic mass is 9.83. The Hall–Kier alpha value is -0.120. The van der Waals surface area contributed by atoms with Crippen molar-refractivity contribution < 1.29 is 4.74 Å². The second-order valence-electron chi connectivity index (χ2n) is 6.43. The fourth-order valence-electron chi connectivity index (χ4n) is 2.70. The Kier molecular flexibility index (Phi) is 5.42. The molecule has 0 aromatic rings. The average molecular weight is 242 g/mol. The molecule has 3 atom stereocenters. The molecule has 3 unspecified atom stereocenters. The van der Waals surface area contributed by atoms with Gasteiger partial charge in [-0.15, -0.1) is 0 Å². The van der Waals surface area contributed by atoms with Crippen molar-refractivity contribution in [2.75, 3.05) is 26.8 Å². The van der Waals surface area contributed by atoms with Crippen LogP contribution in [0.2, 0.25) is 0 Å². The summed E-state index contributed by atoms with van der Waals surface area (Å²) in [5.74, 6) is 0.599. The molecular formula is C14H30N2O. The Labute approximate surface area is 107 Å². The van der Waals surface area contributed by atoms with Crippen molar-refractivity contribution in [3.8, 4) is 0 Å². The fourth-order valence-corrected chi connectivity index (χ4v) is 2.70. The molecule has 2 N–H and O–H groups in total. The van der Waals surface area contributed by atoms with E-state index in [0.29, 0.717) is 23.4 Å². The molecule has 3 heteroatoms. The Bertz CT molecular complexity index is 230. The van der Waals surface area contributed by atoms with Crippen LogP contribution in [-0.2, 0) is 4.74 Å². The van der Waals surface area contributed by atoms with E-state index in [2.05, 4.69) is 32.6 Å². The molecule has 0 aromatic carbocycles. The van der Waals surface area contributed by atoms with Crippen molar-refractivity contribution in [3.63, 3.8) is 0 Å².